The number of hydrogen-bond acceptors (Lipinski definition) is 3. The van der Waals surface area contributed by atoms with Crippen molar-refractivity contribution in [3.8, 4) is 6.07 Å². The smallest absolute Gasteiger partial charge is 0.0670 e. The number of anilines is 2. The Morgan fingerprint density at radius 2 is 2.11 bits per heavy atom. The second kappa shape index (κ2) is 5.97. The zero-order valence-corrected chi connectivity index (χ0v) is 11.9. The van der Waals surface area contributed by atoms with Crippen LogP contribution in [0.3, 0.4) is 0 Å². The molecule has 0 radical (unpaired) electrons. The zero-order valence-electron chi connectivity index (χ0n) is 11.9. The second-order valence-electron chi connectivity index (χ2n) is 5.66. The van der Waals surface area contributed by atoms with Crippen molar-refractivity contribution in [2.24, 2.45) is 5.92 Å². The minimum atomic E-state index is 0.383. The highest BCUT2D eigenvalue weighted by atomic mass is 15.1. The molecule has 1 saturated carbocycles. The van der Waals surface area contributed by atoms with Gasteiger partial charge in [-0.2, -0.15) is 5.26 Å². The highest BCUT2D eigenvalue weighted by Crippen LogP contribution is 2.31. The fraction of sp³-hybridized carbons (Fsp3) is 0.562. The van der Waals surface area contributed by atoms with Crippen LogP contribution in [0.2, 0.25) is 0 Å². The van der Waals surface area contributed by atoms with Crippen LogP contribution in [0.1, 0.15) is 38.2 Å². The minimum Gasteiger partial charge on any atom is -0.398 e. The summed E-state index contributed by atoms with van der Waals surface area (Å²) in [6.07, 6.45) is 5.63. The zero-order chi connectivity index (χ0) is 13.8. The molecule has 1 aliphatic carbocycles. The summed E-state index contributed by atoms with van der Waals surface area (Å²) in [6.45, 7) is 2.34. The van der Waals surface area contributed by atoms with Crippen molar-refractivity contribution in [2.75, 3.05) is 17.7 Å². The molecule has 3 heteroatoms. The molecule has 0 amide bonds. The van der Waals surface area contributed by atoms with E-state index >= 15 is 0 Å². The van der Waals surface area contributed by atoms with Crippen molar-refractivity contribution in [2.45, 2.75) is 45.1 Å². The number of nitrogens with zero attached hydrogens (tertiary/aromatic N) is 2. The number of hydrogen-bond donors (Lipinski definition) is 1. The van der Waals surface area contributed by atoms with Gasteiger partial charge in [-0.25, -0.2) is 0 Å². The van der Waals surface area contributed by atoms with Crippen LogP contribution in [0, 0.1) is 17.2 Å². The normalized spacial score (nSPS) is 22.8. The lowest BCUT2D eigenvalue weighted by molar-refractivity contribution is 0.321. The molecule has 0 aliphatic heterocycles. The van der Waals surface area contributed by atoms with Gasteiger partial charge in [-0.15, -0.1) is 0 Å². The lowest BCUT2D eigenvalue weighted by Gasteiger charge is -2.38. The minimum absolute atomic E-state index is 0.383. The molecule has 102 valence electrons. The van der Waals surface area contributed by atoms with Crippen molar-refractivity contribution < 1.29 is 0 Å². The molecule has 0 spiro atoms. The first-order chi connectivity index (χ1) is 9.13. The fourth-order valence-electron chi connectivity index (χ4n) is 3.11. The van der Waals surface area contributed by atoms with E-state index in [1.165, 1.54) is 31.4 Å². The predicted octanol–water partition coefficient (Wildman–Crippen LogP) is 3.35. The first-order valence-corrected chi connectivity index (χ1v) is 7.11. The summed E-state index contributed by atoms with van der Waals surface area (Å²) in [5, 5.41) is 8.85. The lowest BCUT2D eigenvalue weighted by atomic mass is 9.85. The number of nitrogens with two attached hydrogens (primary N) is 1. The Hall–Kier alpha value is -1.69. The third kappa shape index (κ3) is 3.01. The quantitative estimate of drug-likeness (QED) is 0.845. The number of nitriles is 1. The Balaban J connectivity index is 2.21. The van der Waals surface area contributed by atoms with Crippen molar-refractivity contribution in [3.05, 3.63) is 23.8 Å². The van der Waals surface area contributed by atoms with Gasteiger partial charge in [0.15, 0.2) is 0 Å². The summed E-state index contributed by atoms with van der Waals surface area (Å²) >= 11 is 0. The van der Waals surface area contributed by atoms with Crippen LogP contribution in [0.15, 0.2) is 18.2 Å². The van der Waals surface area contributed by atoms with Gasteiger partial charge in [0.25, 0.3) is 0 Å². The molecule has 1 aromatic rings. The molecular formula is C16H23N3. The average Bonchev–Trinajstić information content (AvgIpc) is 2.41. The summed E-state index contributed by atoms with van der Waals surface area (Å²) in [5.74, 6) is 0.732. The maximum absolute atomic E-state index is 8.85. The Morgan fingerprint density at radius 3 is 2.79 bits per heavy atom. The summed E-state index contributed by atoms with van der Waals surface area (Å²) in [5.41, 5.74) is 8.75. The van der Waals surface area contributed by atoms with Crippen LogP contribution in [0.5, 0.6) is 0 Å². The molecular weight excluding hydrogens is 234 g/mol. The van der Waals surface area contributed by atoms with Gasteiger partial charge in [0.1, 0.15) is 0 Å². The summed E-state index contributed by atoms with van der Waals surface area (Å²) in [6, 6.07) is 8.84. The highest BCUT2D eigenvalue weighted by Gasteiger charge is 2.25. The van der Waals surface area contributed by atoms with Crippen LogP contribution >= 0.6 is 0 Å². The Labute approximate surface area is 116 Å². The van der Waals surface area contributed by atoms with Gasteiger partial charge < -0.3 is 10.6 Å². The summed E-state index contributed by atoms with van der Waals surface area (Å²) < 4.78 is 0. The Bertz CT molecular complexity index is 475. The van der Waals surface area contributed by atoms with E-state index in [1.807, 2.05) is 6.07 Å². The molecule has 1 aromatic carbocycles. The van der Waals surface area contributed by atoms with Gasteiger partial charge >= 0.3 is 0 Å². The Morgan fingerprint density at radius 1 is 1.37 bits per heavy atom. The molecule has 0 saturated heterocycles. The third-order valence-corrected chi connectivity index (χ3v) is 4.37. The van der Waals surface area contributed by atoms with Gasteiger partial charge in [-0.3, -0.25) is 0 Å². The van der Waals surface area contributed by atoms with Gasteiger partial charge in [0.05, 0.1) is 12.5 Å². The average molecular weight is 257 g/mol. The molecule has 2 N–H and O–H groups in total. The molecule has 1 fully saturated rings. The van der Waals surface area contributed by atoms with E-state index in [0.29, 0.717) is 12.5 Å². The first kappa shape index (κ1) is 13.7. The standard InChI is InChI=1S/C16H23N3/c1-12-5-3-4-6-16(12)19(2)14-7-8-15(18)13(11-14)9-10-17/h7-8,11-12,16H,3-6,9,18H2,1-2H3. The molecule has 1 aliphatic rings. The SMILES string of the molecule is CC1CCCCC1N(C)c1ccc(N)c(CC#N)c1. The van der Waals surface area contributed by atoms with Crippen LogP contribution in [-0.2, 0) is 6.42 Å². The number of nitrogen functional groups attached to an aromatic ring is 1. The van der Waals surface area contributed by atoms with E-state index in [4.69, 9.17) is 11.0 Å². The van der Waals surface area contributed by atoms with Gasteiger partial charge in [0.2, 0.25) is 0 Å². The van der Waals surface area contributed by atoms with Crippen molar-refractivity contribution >= 4 is 11.4 Å². The van der Waals surface area contributed by atoms with Gasteiger partial charge in [0, 0.05) is 24.5 Å². The molecule has 2 rings (SSSR count). The maximum atomic E-state index is 8.85. The molecule has 0 aromatic heterocycles. The molecule has 2 unspecified atom stereocenters. The van der Waals surface area contributed by atoms with Crippen LogP contribution in [-0.4, -0.2) is 13.1 Å². The second-order valence-corrected chi connectivity index (χ2v) is 5.66. The Kier molecular flexibility index (Phi) is 4.31. The molecule has 19 heavy (non-hydrogen) atoms. The van der Waals surface area contributed by atoms with E-state index in [9.17, 15) is 0 Å². The van der Waals surface area contributed by atoms with Crippen molar-refractivity contribution in [1.29, 1.82) is 5.26 Å². The predicted molar refractivity (Wildman–Crippen MR) is 80.0 cm³/mol. The first-order valence-electron chi connectivity index (χ1n) is 7.11. The molecule has 0 bridgehead atoms. The van der Waals surface area contributed by atoms with E-state index in [1.54, 1.807) is 0 Å². The number of rotatable bonds is 3. The summed E-state index contributed by atoms with van der Waals surface area (Å²) in [4.78, 5) is 2.37. The summed E-state index contributed by atoms with van der Waals surface area (Å²) in [7, 11) is 2.16. The van der Waals surface area contributed by atoms with E-state index in [-0.39, 0.29) is 0 Å². The van der Waals surface area contributed by atoms with Gasteiger partial charge in [-0.1, -0.05) is 19.8 Å². The topological polar surface area (TPSA) is 53.0 Å². The number of benzene rings is 1. The molecule has 2 atom stereocenters. The van der Waals surface area contributed by atoms with Crippen LogP contribution in [0.4, 0.5) is 11.4 Å². The van der Waals surface area contributed by atoms with E-state index in [0.717, 1.165) is 17.2 Å². The van der Waals surface area contributed by atoms with E-state index < -0.39 is 0 Å². The fourth-order valence-corrected chi connectivity index (χ4v) is 3.11. The van der Waals surface area contributed by atoms with Crippen LogP contribution in [0.25, 0.3) is 0 Å². The van der Waals surface area contributed by atoms with Crippen molar-refractivity contribution in [3.63, 3.8) is 0 Å². The molecule has 0 heterocycles. The largest absolute Gasteiger partial charge is 0.398 e. The highest BCUT2D eigenvalue weighted by molar-refractivity contribution is 5.59. The van der Waals surface area contributed by atoms with Gasteiger partial charge in [-0.05, 0) is 42.5 Å². The van der Waals surface area contributed by atoms with E-state index in [2.05, 4.69) is 37.1 Å². The molecule has 3 nitrogen and oxygen atoms in total. The lowest BCUT2D eigenvalue weighted by Crippen LogP contribution is -2.39. The third-order valence-electron chi connectivity index (χ3n) is 4.37. The van der Waals surface area contributed by atoms with Crippen LogP contribution < -0.4 is 10.6 Å². The maximum Gasteiger partial charge on any atom is 0.0670 e. The van der Waals surface area contributed by atoms with Crippen molar-refractivity contribution in [1.82, 2.24) is 0 Å². The monoisotopic (exact) mass is 257 g/mol.